The zero-order valence-corrected chi connectivity index (χ0v) is 16.2. The summed E-state index contributed by atoms with van der Waals surface area (Å²) in [5.74, 6) is 1.35. The van der Waals surface area contributed by atoms with Crippen molar-refractivity contribution in [1.82, 2.24) is 25.2 Å². The molecule has 1 aromatic carbocycles. The minimum Gasteiger partial charge on any atom is -0.486 e. The molecule has 28 heavy (non-hydrogen) atoms. The highest BCUT2D eigenvalue weighted by Gasteiger charge is 2.37. The molecule has 1 aromatic heterocycles. The molecule has 3 aliphatic rings. The van der Waals surface area contributed by atoms with Crippen LogP contribution in [0.5, 0.6) is 11.5 Å². The summed E-state index contributed by atoms with van der Waals surface area (Å²) in [6, 6.07) is 6.96. The number of nitrogens with one attached hydrogen (secondary N) is 1. The van der Waals surface area contributed by atoms with Crippen molar-refractivity contribution in [1.29, 1.82) is 0 Å². The molecule has 2 unspecified atom stereocenters. The molecule has 3 aliphatic heterocycles. The molecule has 0 saturated carbocycles. The van der Waals surface area contributed by atoms with Crippen LogP contribution < -0.4 is 14.8 Å². The fourth-order valence-corrected chi connectivity index (χ4v) is 4.61. The predicted molar refractivity (Wildman–Crippen MR) is 102 cm³/mol. The zero-order chi connectivity index (χ0) is 19.3. The second-order valence-corrected chi connectivity index (χ2v) is 7.94. The lowest BCUT2D eigenvalue weighted by molar-refractivity contribution is 0.0675. The molecule has 0 aliphatic carbocycles. The molecule has 1 amide bonds. The molecule has 2 fully saturated rings. The zero-order valence-electron chi connectivity index (χ0n) is 16.2. The van der Waals surface area contributed by atoms with Gasteiger partial charge in [-0.3, -0.25) is 4.79 Å². The number of hydrogen-bond acceptors (Lipinski definition) is 6. The number of carbonyl (C=O) groups excluding carboxylic acids is 1. The van der Waals surface area contributed by atoms with Crippen LogP contribution in [0.25, 0.3) is 5.69 Å². The molecule has 2 bridgehead atoms. The summed E-state index contributed by atoms with van der Waals surface area (Å²) in [5, 5.41) is 12.1. The van der Waals surface area contributed by atoms with Gasteiger partial charge in [0.15, 0.2) is 17.2 Å². The number of piperidine rings is 1. The topological polar surface area (TPSA) is 81.5 Å². The Morgan fingerprint density at radius 1 is 1.18 bits per heavy atom. The molecule has 0 radical (unpaired) electrons. The summed E-state index contributed by atoms with van der Waals surface area (Å²) >= 11 is 0. The highest BCUT2D eigenvalue weighted by molar-refractivity contribution is 5.93. The predicted octanol–water partition coefficient (Wildman–Crippen LogP) is 1.70. The van der Waals surface area contributed by atoms with Gasteiger partial charge in [-0.25, -0.2) is 4.68 Å². The van der Waals surface area contributed by atoms with Gasteiger partial charge in [0.05, 0.1) is 11.4 Å². The first kappa shape index (κ1) is 17.5. The van der Waals surface area contributed by atoms with Crippen LogP contribution in [0, 0.1) is 6.92 Å². The Hall–Kier alpha value is -2.61. The molecule has 4 heterocycles. The van der Waals surface area contributed by atoms with Gasteiger partial charge in [0.2, 0.25) is 0 Å². The Labute approximate surface area is 163 Å². The Bertz CT molecular complexity index is 899. The number of rotatable bonds is 3. The van der Waals surface area contributed by atoms with Crippen molar-refractivity contribution in [2.75, 3.05) is 20.3 Å². The Balaban J connectivity index is 1.38. The van der Waals surface area contributed by atoms with Crippen molar-refractivity contribution in [2.45, 2.75) is 50.7 Å². The molecule has 5 rings (SSSR count). The summed E-state index contributed by atoms with van der Waals surface area (Å²) < 4.78 is 12.9. The smallest absolute Gasteiger partial charge is 0.276 e. The van der Waals surface area contributed by atoms with Crippen molar-refractivity contribution in [3.63, 3.8) is 0 Å². The van der Waals surface area contributed by atoms with E-state index in [0.717, 1.165) is 30.0 Å². The van der Waals surface area contributed by atoms with Gasteiger partial charge in [-0.2, -0.15) is 0 Å². The van der Waals surface area contributed by atoms with Crippen molar-refractivity contribution in [3.05, 3.63) is 29.6 Å². The standard InChI is InChI=1S/C20H25N5O3/c1-12-19(20(26)24(2)16-9-13-3-4-14(10-16)21-13)22-23-25(12)15-5-6-17-18(11-15)28-8-7-27-17/h5-6,11,13-14,16,21H,3-4,7-10H2,1-2H3. The van der Waals surface area contributed by atoms with Gasteiger partial charge in [0.25, 0.3) is 5.91 Å². The molecule has 8 heteroatoms. The number of carbonyl (C=O) groups is 1. The van der Waals surface area contributed by atoms with E-state index in [9.17, 15) is 4.79 Å². The third-order valence-corrected chi connectivity index (χ3v) is 6.18. The van der Waals surface area contributed by atoms with Gasteiger partial charge in [-0.15, -0.1) is 5.10 Å². The Morgan fingerprint density at radius 2 is 1.89 bits per heavy atom. The summed E-state index contributed by atoms with van der Waals surface area (Å²) in [7, 11) is 1.89. The Kier molecular flexibility index (Phi) is 4.23. The lowest BCUT2D eigenvalue weighted by atomic mass is 9.98. The van der Waals surface area contributed by atoms with E-state index in [2.05, 4.69) is 15.6 Å². The van der Waals surface area contributed by atoms with E-state index < -0.39 is 0 Å². The maximum Gasteiger partial charge on any atom is 0.276 e. The summed E-state index contributed by atoms with van der Waals surface area (Å²) in [4.78, 5) is 15.0. The molecule has 2 aromatic rings. The SMILES string of the molecule is Cc1c(C(=O)N(C)C2CC3CCC(C2)N3)nnn1-c1ccc2c(c1)OCCO2. The van der Waals surface area contributed by atoms with Crippen LogP contribution in [0.3, 0.4) is 0 Å². The average molecular weight is 383 g/mol. The number of nitrogens with zero attached hydrogens (tertiary/aromatic N) is 4. The quantitative estimate of drug-likeness (QED) is 0.869. The molecule has 2 saturated heterocycles. The second-order valence-electron chi connectivity index (χ2n) is 7.94. The fourth-order valence-electron chi connectivity index (χ4n) is 4.61. The largest absolute Gasteiger partial charge is 0.486 e. The van der Waals surface area contributed by atoms with Crippen LogP contribution >= 0.6 is 0 Å². The van der Waals surface area contributed by atoms with Gasteiger partial charge in [0.1, 0.15) is 13.2 Å². The number of benzene rings is 1. The van der Waals surface area contributed by atoms with Crippen LogP contribution in [-0.2, 0) is 0 Å². The average Bonchev–Trinajstić information content (AvgIpc) is 3.27. The lowest BCUT2D eigenvalue weighted by Crippen LogP contribution is -2.48. The second kappa shape index (κ2) is 6.77. The van der Waals surface area contributed by atoms with Gasteiger partial charge < -0.3 is 19.7 Å². The highest BCUT2D eigenvalue weighted by Crippen LogP contribution is 2.33. The highest BCUT2D eigenvalue weighted by atomic mass is 16.6. The number of aromatic nitrogens is 3. The third kappa shape index (κ3) is 2.92. The summed E-state index contributed by atoms with van der Waals surface area (Å²) in [5.41, 5.74) is 1.93. The third-order valence-electron chi connectivity index (χ3n) is 6.18. The van der Waals surface area contributed by atoms with Crippen molar-refractivity contribution < 1.29 is 14.3 Å². The molecule has 8 nitrogen and oxygen atoms in total. The van der Waals surface area contributed by atoms with E-state index in [1.807, 2.05) is 37.1 Å². The van der Waals surface area contributed by atoms with Crippen LogP contribution in [0.15, 0.2) is 18.2 Å². The Morgan fingerprint density at radius 3 is 2.64 bits per heavy atom. The maximum absolute atomic E-state index is 13.1. The molecular formula is C20H25N5O3. The van der Waals surface area contributed by atoms with E-state index in [1.165, 1.54) is 12.8 Å². The van der Waals surface area contributed by atoms with Crippen LogP contribution in [0.2, 0.25) is 0 Å². The molecule has 1 N–H and O–H groups in total. The minimum absolute atomic E-state index is 0.0624. The van der Waals surface area contributed by atoms with E-state index in [0.29, 0.717) is 36.7 Å². The van der Waals surface area contributed by atoms with E-state index >= 15 is 0 Å². The van der Waals surface area contributed by atoms with Gasteiger partial charge in [0, 0.05) is 31.2 Å². The van der Waals surface area contributed by atoms with E-state index in [-0.39, 0.29) is 11.9 Å². The van der Waals surface area contributed by atoms with Crippen LogP contribution in [0.4, 0.5) is 0 Å². The van der Waals surface area contributed by atoms with Crippen molar-refractivity contribution in [3.8, 4) is 17.2 Å². The molecule has 2 atom stereocenters. The number of hydrogen-bond donors (Lipinski definition) is 1. The summed E-state index contributed by atoms with van der Waals surface area (Å²) in [6.45, 7) is 2.96. The normalized spacial score (nSPS) is 25.6. The molecule has 0 spiro atoms. The minimum atomic E-state index is -0.0624. The molecule has 148 valence electrons. The summed E-state index contributed by atoms with van der Waals surface area (Å²) in [6.07, 6.45) is 4.44. The lowest BCUT2D eigenvalue weighted by Gasteiger charge is -2.35. The van der Waals surface area contributed by atoms with Crippen molar-refractivity contribution in [2.24, 2.45) is 0 Å². The van der Waals surface area contributed by atoms with Gasteiger partial charge in [-0.05, 0) is 44.7 Å². The first-order valence-electron chi connectivity index (χ1n) is 9.95. The van der Waals surface area contributed by atoms with E-state index in [4.69, 9.17) is 9.47 Å². The van der Waals surface area contributed by atoms with Crippen LogP contribution in [-0.4, -0.2) is 64.2 Å². The monoisotopic (exact) mass is 383 g/mol. The number of ether oxygens (including phenoxy) is 2. The number of fused-ring (bicyclic) bond motifs is 3. The van der Waals surface area contributed by atoms with Gasteiger partial charge in [-0.1, -0.05) is 5.21 Å². The first-order chi connectivity index (χ1) is 13.6. The number of amides is 1. The van der Waals surface area contributed by atoms with Crippen molar-refractivity contribution >= 4 is 5.91 Å². The fraction of sp³-hybridized carbons (Fsp3) is 0.550. The first-order valence-corrected chi connectivity index (χ1v) is 9.95. The van der Waals surface area contributed by atoms with Crippen LogP contribution in [0.1, 0.15) is 41.9 Å². The van der Waals surface area contributed by atoms with E-state index in [1.54, 1.807) is 4.68 Å². The molecular weight excluding hydrogens is 358 g/mol. The van der Waals surface area contributed by atoms with Gasteiger partial charge >= 0.3 is 0 Å². The maximum atomic E-state index is 13.1.